The van der Waals surface area contributed by atoms with Crippen LogP contribution in [0.25, 0.3) is 0 Å². The van der Waals surface area contributed by atoms with E-state index in [1.165, 1.54) is 16.7 Å². The Kier molecular flexibility index (Phi) is 7.74. The van der Waals surface area contributed by atoms with Gasteiger partial charge in [0.1, 0.15) is 0 Å². The largest absolute Gasteiger partial charge is 0.261 e. The smallest absolute Gasteiger partial charge is 0.155 e. The van der Waals surface area contributed by atoms with Gasteiger partial charge in [0.15, 0.2) is 5.84 Å². The predicted molar refractivity (Wildman–Crippen MR) is 147 cm³/mol. The van der Waals surface area contributed by atoms with Gasteiger partial charge in [-0.05, 0) is 40.5 Å². The number of rotatable bonds is 4. The summed E-state index contributed by atoms with van der Waals surface area (Å²) in [5.41, 5.74) is 7.10. The molecule has 0 spiro atoms. The lowest BCUT2D eigenvalue weighted by atomic mass is 9.86. The number of hydrogen-bond donors (Lipinski definition) is 0. The molecule has 3 aromatic carbocycles. The van der Waals surface area contributed by atoms with Crippen molar-refractivity contribution in [1.29, 1.82) is 0 Å². The second-order valence-electron chi connectivity index (χ2n) is 10.6. The van der Waals surface area contributed by atoms with Crippen molar-refractivity contribution in [3.8, 4) is 0 Å². The Morgan fingerprint density at radius 3 is 1.76 bits per heavy atom. The molecule has 2 nitrogen and oxygen atoms in total. The van der Waals surface area contributed by atoms with Crippen LogP contribution in [0.2, 0.25) is 0 Å². The molecule has 172 valence electrons. The average molecular weight is 504 g/mol. The van der Waals surface area contributed by atoms with Crippen LogP contribution >= 0.6 is 15.9 Å². The van der Waals surface area contributed by atoms with Gasteiger partial charge >= 0.3 is 0 Å². The third-order valence-electron chi connectivity index (χ3n) is 5.78. The molecule has 0 aromatic heterocycles. The van der Waals surface area contributed by atoms with Crippen molar-refractivity contribution in [3.05, 3.63) is 105 Å². The number of nitrogens with zero attached hydrogens (tertiary/aromatic N) is 2. The van der Waals surface area contributed by atoms with Gasteiger partial charge in [0.25, 0.3) is 0 Å². The highest BCUT2D eigenvalue weighted by atomic mass is 79.9. The van der Waals surface area contributed by atoms with Crippen molar-refractivity contribution in [1.82, 2.24) is 0 Å². The number of hydrogen-bond acceptors (Lipinski definition) is 1. The zero-order valence-electron chi connectivity index (χ0n) is 20.9. The first kappa shape index (κ1) is 25.1. The Hall–Kier alpha value is -2.52. The van der Waals surface area contributed by atoms with E-state index < -0.39 is 0 Å². The SMILES string of the molecule is CC(=NC(=NCc1ccc(C(C)(C)C)cc1)c1ccc(C(C)(C)C)cc1)c1ccccc1Br. The lowest BCUT2D eigenvalue weighted by Crippen LogP contribution is -2.11. The Bertz CT molecular complexity index is 1140. The van der Waals surface area contributed by atoms with Crippen LogP contribution in [-0.4, -0.2) is 11.5 Å². The third kappa shape index (κ3) is 6.74. The van der Waals surface area contributed by atoms with Crippen LogP contribution < -0.4 is 0 Å². The van der Waals surface area contributed by atoms with E-state index in [-0.39, 0.29) is 10.8 Å². The monoisotopic (exact) mass is 502 g/mol. The first-order valence-corrected chi connectivity index (χ1v) is 12.3. The van der Waals surface area contributed by atoms with Crippen LogP contribution in [0.3, 0.4) is 0 Å². The maximum atomic E-state index is 4.98. The lowest BCUT2D eigenvalue weighted by Gasteiger charge is -2.19. The van der Waals surface area contributed by atoms with Crippen molar-refractivity contribution < 1.29 is 0 Å². The summed E-state index contributed by atoms with van der Waals surface area (Å²) in [6.07, 6.45) is 0. The van der Waals surface area contributed by atoms with Gasteiger partial charge in [-0.3, -0.25) is 4.99 Å². The highest BCUT2D eigenvalue weighted by molar-refractivity contribution is 9.10. The highest BCUT2D eigenvalue weighted by Crippen LogP contribution is 2.24. The Balaban J connectivity index is 1.98. The quantitative estimate of drug-likeness (QED) is 0.252. The van der Waals surface area contributed by atoms with Crippen LogP contribution in [0, 0.1) is 0 Å². The summed E-state index contributed by atoms with van der Waals surface area (Å²) in [6.45, 7) is 16.0. The molecule has 0 unspecified atom stereocenters. The van der Waals surface area contributed by atoms with E-state index in [4.69, 9.17) is 9.98 Å². The summed E-state index contributed by atoms with van der Waals surface area (Å²) in [7, 11) is 0. The Morgan fingerprint density at radius 2 is 1.24 bits per heavy atom. The average Bonchev–Trinajstić information content (AvgIpc) is 2.76. The van der Waals surface area contributed by atoms with Crippen molar-refractivity contribution in [2.45, 2.75) is 65.8 Å². The molecule has 33 heavy (non-hydrogen) atoms. The van der Waals surface area contributed by atoms with Crippen molar-refractivity contribution >= 4 is 27.5 Å². The maximum absolute atomic E-state index is 4.98. The van der Waals surface area contributed by atoms with Gasteiger partial charge in [-0.1, -0.05) is 124 Å². The molecule has 0 fully saturated rings. The minimum Gasteiger partial charge on any atom is -0.261 e. The zero-order valence-corrected chi connectivity index (χ0v) is 22.5. The molecule has 0 saturated heterocycles. The fourth-order valence-electron chi connectivity index (χ4n) is 3.56. The first-order chi connectivity index (χ1) is 15.4. The van der Waals surface area contributed by atoms with Gasteiger partial charge in [-0.15, -0.1) is 0 Å². The van der Waals surface area contributed by atoms with Gasteiger partial charge in [0, 0.05) is 21.3 Å². The fraction of sp³-hybridized carbons (Fsp3) is 0.333. The minimum absolute atomic E-state index is 0.110. The summed E-state index contributed by atoms with van der Waals surface area (Å²) in [6, 6.07) is 25.6. The molecule has 0 aliphatic rings. The van der Waals surface area contributed by atoms with Crippen LogP contribution in [-0.2, 0) is 17.4 Å². The second-order valence-corrected chi connectivity index (χ2v) is 11.4. The summed E-state index contributed by atoms with van der Waals surface area (Å²) < 4.78 is 1.03. The predicted octanol–water partition coefficient (Wildman–Crippen LogP) is 8.50. The number of amidine groups is 1. The topological polar surface area (TPSA) is 24.7 Å². The molecule has 3 heteroatoms. The number of halogens is 1. The summed E-state index contributed by atoms with van der Waals surface area (Å²) in [5.74, 6) is 0.753. The van der Waals surface area contributed by atoms with Crippen LogP contribution in [0.4, 0.5) is 0 Å². The molecule has 0 atom stereocenters. The second kappa shape index (κ2) is 10.2. The zero-order chi connectivity index (χ0) is 24.2. The van der Waals surface area contributed by atoms with E-state index >= 15 is 0 Å². The van der Waals surface area contributed by atoms with Crippen LogP contribution in [0.5, 0.6) is 0 Å². The van der Waals surface area contributed by atoms with Crippen LogP contribution in [0.1, 0.15) is 76.3 Å². The molecule has 0 amide bonds. The van der Waals surface area contributed by atoms with E-state index in [1.807, 2.05) is 25.1 Å². The molecular weight excluding hydrogens is 468 g/mol. The molecule has 3 rings (SSSR count). The van der Waals surface area contributed by atoms with Gasteiger partial charge in [-0.25, -0.2) is 4.99 Å². The fourth-order valence-corrected chi connectivity index (χ4v) is 4.13. The molecular formula is C30H35BrN2. The van der Waals surface area contributed by atoms with Crippen molar-refractivity contribution in [2.75, 3.05) is 0 Å². The van der Waals surface area contributed by atoms with E-state index in [9.17, 15) is 0 Å². The van der Waals surface area contributed by atoms with Crippen molar-refractivity contribution in [3.63, 3.8) is 0 Å². The van der Waals surface area contributed by atoms with Gasteiger partial charge in [0.2, 0.25) is 0 Å². The summed E-state index contributed by atoms with van der Waals surface area (Å²) in [4.78, 5) is 9.94. The molecule has 0 aliphatic heterocycles. The molecule has 0 radical (unpaired) electrons. The third-order valence-corrected chi connectivity index (χ3v) is 6.47. The molecule has 0 heterocycles. The van der Waals surface area contributed by atoms with E-state index in [1.54, 1.807) is 0 Å². The normalized spacial score (nSPS) is 13.3. The van der Waals surface area contributed by atoms with E-state index in [2.05, 4.69) is 112 Å². The van der Waals surface area contributed by atoms with Crippen molar-refractivity contribution in [2.24, 2.45) is 9.98 Å². The minimum atomic E-state index is 0.110. The highest BCUT2D eigenvalue weighted by Gasteiger charge is 2.15. The molecule has 3 aromatic rings. The molecule has 0 saturated carbocycles. The van der Waals surface area contributed by atoms with Gasteiger partial charge < -0.3 is 0 Å². The Labute approximate surface area is 208 Å². The first-order valence-electron chi connectivity index (χ1n) is 11.5. The molecule has 0 bridgehead atoms. The molecule has 0 aliphatic carbocycles. The lowest BCUT2D eigenvalue weighted by molar-refractivity contribution is 0.590. The van der Waals surface area contributed by atoms with Gasteiger partial charge in [-0.2, -0.15) is 0 Å². The summed E-state index contributed by atoms with van der Waals surface area (Å²) >= 11 is 3.65. The maximum Gasteiger partial charge on any atom is 0.155 e. The summed E-state index contributed by atoms with van der Waals surface area (Å²) in [5, 5.41) is 0. The van der Waals surface area contributed by atoms with E-state index in [0.717, 1.165) is 27.1 Å². The number of aliphatic imine (C=N–C) groups is 2. The molecule has 0 N–H and O–H groups in total. The van der Waals surface area contributed by atoms with Gasteiger partial charge in [0.05, 0.1) is 6.54 Å². The van der Waals surface area contributed by atoms with Crippen LogP contribution in [0.15, 0.2) is 87.3 Å². The Morgan fingerprint density at radius 1 is 0.727 bits per heavy atom. The van der Waals surface area contributed by atoms with E-state index in [0.29, 0.717) is 6.54 Å². The standard InChI is InChI=1S/C30H35BrN2/c1-21(26-10-8-9-11-27(26)31)33-28(23-14-18-25(19-15-23)30(5,6)7)32-20-22-12-16-24(17-13-22)29(2,3)4/h8-19H,20H2,1-7H3. The number of benzene rings is 3.